The second-order valence-corrected chi connectivity index (χ2v) is 5.16. The molecule has 0 aromatic heterocycles. The van der Waals surface area contributed by atoms with Gasteiger partial charge in [-0.15, -0.1) is 12.4 Å². The minimum Gasteiger partial charge on any atom is -0.507 e. The fourth-order valence-electron chi connectivity index (χ4n) is 1.69. The van der Waals surface area contributed by atoms with Crippen LogP contribution in [0.25, 0.3) is 0 Å². The molecule has 0 radical (unpaired) electrons. The van der Waals surface area contributed by atoms with Crippen molar-refractivity contribution in [2.24, 2.45) is 11.1 Å². The molecule has 5 N–H and O–H groups in total. The van der Waals surface area contributed by atoms with Crippen molar-refractivity contribution in [3.63, 3.8) is 0 Å². The van der Waals surface area contributed by atoms with Crippen molar-refractivity contribution >= 4 is 18.4 Å². The van der Waals surface area contributed by atoms with E-state index < -0.39 is 17.4 Å². The van der Waals surface area contributed by atoms with Crippen molar-refractivity contribution in [2.75, 3.05) is 6.61 Å². The molecule has 0 saturated carbocycles. The molecule has 0 aliphatic carbocycles. The summed E-state index contributed by atoms with van der Waals surface area (Å²) in [4.78, 5) is 11.0. The Labute approximate surface area is 118 Å². The van der Waals surface area contributed by atoms with Crippen LogP contribution < -0.4 is 5.73 Å². The number of phenols is 1. The van der Waals surface area contributed by atoms with Crippen molar-refractivity contribution in [2.45, 2.75) is 26.8 Å². The molecule has 1 atom stereocenters. The molecule has 0 heterocycles. The molecular weight excluding hydrogens is 270 g/mol. The molecule has 6 heteroatoms. The Kier molecular flexibility index (Phi) is 5.81. The van der Waals surface area contributed by atoms with Crippen LogP contribution in [0.5, 0.6) is 5.75 Å². The lowest BCUT2D eigenvalue weighted by Gasteiger charge is -2.30. The van der Waals surface area contributed by atoms with Crippen molar-refractivity contribution in [1.82, 2.24) is 0 Å². The van der Waals surface area contributed by atoms with Crippen LogP contribution in [0.15, 0.2) is 12.1 Å². The molecule has 1 aromatic rings. The highest BCUT2D eigenvalue weighted by Crippen LogP contribution is 2.37. The Hall–Kier alpha value is -1.30. The number of aliphatic hydroxyl groups excluding tert-OH is 1. The number of aryl methyl sites for hydroxylation is 1. The summed E-state index contributed by atoms with van der Waals surface area (Å²) in [5.74, 6) is -1.10. The first-order valence-corrected chi connectivity index (χ1v) is 5.64. The lowest BCUT2D eigenvalue weighted by atomic mass is 9.80. The highest BCUT2D eigenvalue weighted by Gasteiger charge is 2.30. The Morgan fingerprint density at radius 3 is 2.37 bits per heavy atom. The molecule has 1 rings (SSSR count). The number of carbonyl (C=O) groups is 1. The lowest BCUT2D eigenvalue weighted by Crippen LogP contribution is -2.32. The van der Waals surface area contributed by atoms with Crippen LogP contribution in [0, 0.1) is 12.3 Å². The zero-order valence-electron chi connectivity index (χ0n) is 11.2. The number of nitrogens with two attached hydrogens (primary N) is 1. The van der Waals surface area contributed by atoms with E-state index in [1.807, 2.05) is 0 Å². The topological polar surface area (TPSA) is 104 Å². The summed E-state index contributed by atoms with van der Waals surface area (Å²) >= 11 is 0. The van der Waals surface area contributed by atoms with E-state index in [1.54, 1.807) is 20.8 Å². The third-order valence-electron chi connectivity index (χ3n) is 3.16. The molecule has 0 fully saturated rings. The van der Waals surface area contributed by atoms with Gasteiger partial charge in [-0.2, -0.15) is 0 Å². The lowest BCUT2D eigenvalue weighted by molar-refractivity contribution is 0.0696. The van der Waals surface area contributed by atoms with Crippen LogP contribution in [0.1, 0.15) is 41.4 Å². The number of carboxylic acid groups (broad SMARTS) is 1. The maximum absolute atomic E-state index is 11.0. The maximum atomic E-state index is 11.0. The predicted octanol–water partition coefficient (Wildman–Crippen LogP) is 1.84. The molecule has 108 valence electrons. The van der Waals surface area contributed by atoms with E-state index in [0.717, 1.165) is 0 Å². The van der Waals surface area contributed by atoms with Crippen molar-refractivity contribution in [3.8, 4) is 5.75 Å². The van der Waals surface area contributed by atoms with Gasteiger partial charge in [0.1, 0.15) is 5.75 Å². The van der Waals surface area contributed by atoms with Crippen molar-refractivity contribution < 1.29 is 20.1 Å². The zero-order valence-corrected chi connectivity index (χ0v) is 12.0. The third kappa shape index (κ3) is 3.59. The fourth-order valence-corrected chi connectivity index (χ4v) is 1.69. The van der Waals surface area contributed by atoms with Crippen LogP contribution in [-0.4, -0.2) is 27.9 Å². The van der Waals surface area contributed by atoms with Gasteiger partial charge in [0, 0.05) is 23.6 Å². The Balaban J connectivity index is 0.00000324. The number of aromatic hydroxyl groups is 1. The summed E-state index contributed by atoms with van der Waals surface area (Å²) in [5.41, 5.74) is 6.22. The highest BCUT2D eigenvalue weighted by molar-refractivity contribution is 5.88. The van der Waals surface area contributed by atoms with Gasteiger partial charge in [-0.3, -0.25) is 0 Å². The van der Waals surface area contributed by atoms with E-state index in [4.69, 9.17) is 10.8 Å². The number of rotatable bonds is 4. The third-order valence-corrected chi connectivity index (χ3v) is 3.16. The molecule has 1 aromatic carbocycles. The summed E-state index contributed by atoms with van der Waals surface area (Å²) in [7, 11) is 0. The Morgan fingerprint density at radius 1 is 1.42 bits per heavy atom. The molecule has 0 spiro atoms. The molecule has 0 aliphatic heterocycles. The van der Waals surface area contributed by atoms with Crippen LogP contribution >= 0.6 is 12.4 Å². The van der Waals surface area contributed by atoms with Crippen molar-refractivity contribution in [3.05, 3.63) is 28.8 Å². The quantitative estimate of drug-likeness (QED) is 0.677. The second-order valence-electron chi connectivity index (χ2n) is 5.16. The highest BCUT2D eigenvalue weighted by atomic mass is 35.5. The summed E-state index contributed by atoms with van der Waals surface area (Å²) in [6.45, 7) is 4.95. The monoisotopic (exact) mass is 289 g/mol. The molecule has 19 heavy (non-hydrogen) atoms. The molecule has 0 aliphatic rings. The first-order valence-electron chi connectivity index (χ1n) is 5.64. The maximum Gasteiger partial charge on any atom is 0.335 e. The first-order chi connectivity index (χ1) is 8.20. The second kappa shape index (κ2) is 6.23. The van der Waals surface area contributed by atoms with Gasteiger partial charge < -0.3 is 21.1 Å². The number of halogens is 1. The SMILES string of the molecule is Cc1cc(C(=O)O)cc([C@@H](N)C(C)(C)CO)c1O.Cl. The number of carboxylic acids is 1. The van der Waals surface area contributed by atoms with E-state index in [-0.39, 0.29) is 30.3 Å². The molecular formula is C13H20ClNO4. The summed E-state index contributed by atoms with van der Waals surface area (Å²) in [6, 6.07) is 2.09. The van der Waals surface area contributed by atoms with E-state index in [0.29, 0.717) is 11.1 Å². The van der Waals surface area contributed by atoms with Gasteiger partial charge in [0.25, 0.3) is 0 Å². The Bertz CT molecular complexity index is 474. The smallest absolute Gasteiger partial charge is 0.335 e. The predicted molar refractivity (Wildman–Crippen MR) is 74.8 cm³/mol. The van der Waals surface area contributed by atoms with Gasteiger partial charge in [-0.1, -0.05) is 13.8 Å². The summed E-state index contributed by atoms with van der Waals surface area (Å²) in [6.07, 6.45) is 0. The number of aromatic carboxylic acids is 1. The van der Waals surface area contributed by atoms with Crippen LogP contribution in [0.2, 0.25) is 0 Å². The number of hydrogen-bond donors (Lipinski definition) is 4. The van der Waals surface area contributed by atoms with E-state index in [9.17, 15) is 15.0 Å². The number of phenolic OH excluding ortho intramolecular Hbond substituents is 1. The van der Waals surface area contributed by atoms with Gasteiger partial charge >= 0.3 is 5.97 Å². The van der Waals surface area contributed by atoms with Crippen LogP contribution in [0.4, 0.5) is 0 Å². The van der Waals surface area contributed by atoms with Crippen molar-refractivity contribution in [1.29, 1.82) is 0 Å². The van der Waals surface area contributed by atoms with Crippen LogP contribution in [0.3, 0.4) is 0 Å². The van der Waals surface area contributed by atoms with E-state index >= 15 is 0 Å². The minimum atomic E-state index is -1.08. The van der Waals surface area contributed by atoms with E-state index in [1.165, 1.54) is 12.1 Å². The molecule has 0 saturated heterocycles. The largest absolute Gasteiger partial charge is 0.507 e. The molecule has 5 nitrogen and oxygen atoms in total. The zero-order chi connectivity index (χ0) is 14.1. The number of hydrogen-bond acceptors (Lipinski definition) is 4. The summed E-state index contributed by atoms with van der Waals surface area (Å²) < 4.78 is 0. The number of benzene rings is 1. The molecule has 0 amide bonds. The number of aliphatic hydroxyl groups is 1. The standard InChI is InChI=1S/C13H19NO4.ClH/c1-7-4-8(12(17)18)5-9(10(7)16)11(14)13(2,3)6-15;/h4-5,11,15-16H,6,14H2,1-3H3,(H,17,18);1H/t11-;/m1./s1. The first kappa shape index (κ1) is 17.7. The minimum absolute atomic E-state index is 0. The van der Waals surface area contributed by atoms with Gasteiger partial charge in [0.2, 0.25) is 0 Å². The molecule has 0 bridgehead atoms. The summed E-state index contributed by atoms with van der Waals surface area (Å²) in [5, 5.41) is 28.3. The van der Waals surface area contributed by atoms with Gasteiger partial charge in [0.05, 0.1) is 5.56 Å². The fraction of sp³-hybridized carbons (Fsp3) is 0.462. The van der Waals surface area contributed by atoms with Crippen LogP contribution in [-0.2, 0) is 0 Å². The molecule has 0 unspecified atom stereocenters. The Morgan fingerprint density at radius 2 is 1.95 bits per heavy atom. The average Bonchev–Trinajstić information content (AvgIpc) is 2.31. The van der Waals surface area contributed by atoms with Gasteiger partial charge in [-0.25, -0.2) is 4.79 Å². The van der Waals surface area contributed by atoms with Gasteiger partial charge in [-0.05, 0) is 24.6 Å². The van der Waals surface area contributed by atoms with Gasteiger partial charge in [0.15, 0.2) is 0 Å². The van der Waals surface area contributed by atoms with E-state index in [2.05, 4.69) is 0 Å². The normalized spacial score (nSPS) is 12.7. The average molecular weight is 290 g/mol.